The Morgan fingerprint density at radius 3 is 1.31 bits per heavy atom. The summed E-state index contributed by atoms with van der Waals surface area (Å²) >= 11 is 10.2. The van der Waals surface area contributed by atoms with Crippen molar-refractivity contribution in [3.63, 3.8) is 0 Å². The Hall–Kier alpha value is -6.36. The number of anilines is 3. The maximum Gasteiger partial charge on any atom is 0.214 e. The lowest BCUT2D eigenvalue weighted by Crippen LogP contribution is -1.92. The van der Waals surface area contributed by atoms with Crippen molar-refractivity contribution >= 4 is 148 Å². The van der Waals surface area contributed by atoms with E-state index in [9.17, 15) is 8.78 Å². The summed E-state index contributed by atoms with van der Waals surface area (Å²) in [5.74, 6) is 9.98. The van der Waals surface area contributed by atoms with Crippen LogP contribution in [0.5, 0.6) is 23.5 Å². The number of fused-ring (bicyclic) bond motifs is 4. The van der Waals surface area contributed by atoms with Crippen molar-refractivity contribution in [2.75, 3.05) is 58.9 Å². The van der Waals surface area contributed by atoms with E-state index in [-0.39, 0.29) is 19.1 Å². The minimum atomic E-state index is -0.329. The highest BCUT2D eigenvalue weighted by molar-refractivity contribution is 14.1. The van der Waals surface area contributed by atoms with Crippen LogP contribution in [0.4, 0.5) is 25.3 Å². The lowest BCUT2D eigenvalue weighted by atomic mass is 10.2. The number of pyridine rings is 4. The van der Waals surface area contributed by atoms with E-state index in [4.69, 9.17) is 31.1 Å². The summed E-state index contributed by atoms with van der Waals surface area (Å²) in [6, 6.07) is 24.1. The molecule has 0 saturated heterocycles. The van der Waals surface area contributed by atoms with E-state index >= 15 is 0 Å². The number of halogens is 4. The van der Waals surface area contributed by atoms with Gasteiger partial charge in [0.15, 0.2) is 16.2 Å². The van der Waals surface area contributed by atoms with Gasteiger partial charge in [-0.2, -0.15) is 0 Å². The Bertz CT molecular complexity index is 3270. The van der Waals surface area contributed by atoms with E-state index in [2.05, 4.69) is 113 Å². The van der Waals surface area contributed by atoms with E-state index in [1.54, 1.807) is 102 Å². The molecule has 70 heavy (non-hydrogen) atoms. The number of methoxy groups -OCH3 is 4. The minimum Gasteiger partial charge on any atom is -0.481 e. The molecule has 0 radical (unpaired) electrons. The number of benzene rings is 2. The summed E-state index contributed by atoms with van der Waals surface area (Å²) in [6.45, 7) is 0. The number of nitrogens with one attached hydrogen (secondary N) is 2. The van der Waals surface area contributed by atoms with Crippen molar-refractivity contribution in [3.05, 3.63) is 119 Å². The van der Waals surface area contributed by atoms with Crippen molar-refractivity contribution < 1.29 is 27.7 Å². The van der Waals surface area contributed by atoms with E-state index < -0.39 is 0 Å². The highest BCUT2D eigenvalue weighted by Crippen LogP contribution is 2.26. The largest absolute Gasteiger partial charge is 0.481 e. The molecular weight excluding hydrogens is 1200 g/mol. The normalized spacial score (nSPS) is 9.96. The van der Waals surface area contributed by atoms with E-state index in [0.29, 0.717) is 56.2 Å². The van der Waals surface area contributed by atoms with Crippen molar-refractivity contribution in [1.82, 2.24) is 39.9 Å². The van der Waals surface area contributed by atoms with Crippen LogP contribution in [0.15, 0.2) is 84.9 Å². The van der Waals surface area contributed by atoms with Gasteiger partial charge < -0.3 is 35.3 Å². The Balaban J connectivity index is 0.000000168. The van der Waals surface area contributed by atoms with E-state index in [1.807, 2.05) is 36.4 Å². The number of hydrogen-bond acceptors (Lipinski definition) is 19. The molecule has 0 spiro atoms. The zero-order chi connectivity index (χ0) is 49.5. The summed E-state index contributed by atoms with van der Waals surface area (Å²) in [5, 5.41) is 6.64. The number of ether oxygens (including phenoxy) is 4. The first-order chi connectivity index (χ1) is 33.3. The molecule has 8 aromatic heterocycles. The highest BCUT2D eigenvalue weighted by atomic mass is 127. The predicted molar refractivity (Wildman–Crippen MR) is 298 cm³/mol. The zero-order valence-electron chi connectivity index (χ0n) is 37.1. The number of nitrogens with zero attached hydrogens (tertiary/aromatic N) is 8. The molecule has 0 aliphatic carbocycles. The zero-order valence-corrected chi connectivity index (χ0v) is 44.7. The molecule has 0 amide bonds. The molecule has 8 heterocycles. The molecule has 0 fully saturated rings. The SMILES string of the molecule is C.C#Cc1ccc(NC)c(F)c1.CNc1ccc(C#Cc2nc3ccc(OC)nc3s2)cc1F.COc1ccc2nc(I)sc2n1.COc1ccc2nc(I)sc2n1.COc1ccc2nc(N)sc2n1. The topological polar surface area (TPSA) is 190 Å². The molecule has 0 atom stereocenters. The Morgan fingerprint density at radius 2 is 0.900 bits per heavy atom. The van der Waals surface area contributed by atoms with E-state index in [1.165, 1.54) is 34.8 Å². The van der Waals surface area contributed by atoms with Crippen LogP contribution in [-0.2, 0) is 0 Å². The molecule has 0 bridgehead atoms. The standard InChI is InChI=1S/C16H12FN3OS.C9H8FN.2C7H5IN2OS.C7H7N3OS.CH4/c1-18-12-5-3-10(9-11(12)17)4-8-15-19-13-6-7-14(21-2)20-16(13)22-15;1-3-7-4-5-9(11-2)8(10)6-7;3*1-11-5-3-2-4-6(10-5)12-7(8)9-4;/h3,5-7,9,18H,1-2H3;1,4-6,11H,2H3;2*2-3H,1H3;2-3H,1H3,(H2,8,9);1H4. The third-order valence-corrected chi connectivity index (χ3v) is 13.7. The number of nitrogens with two attached hydrogens (primary N) is 1. The molecule has 360 valence electrons. The highest BCUT2D eigenvalue weighted by Gasteiger charge is 2.07. The van der Waals surface area contributed by atoms with Gasteiger partial charge in [0.2, 0.25) is 23.5 Å². The van der Waals surface area contributed by atoms with Gasteiger partial charge in [0.05, 0.1) is 39.8 Å². The quantitative estimate of drug-likeness (QED) is 0.105. The van der Waals surface area contributed by atoms with Crippen LogP contribution in [-0.4, -0.2) is 82.4 Å². The summed E-state index contributed by atoms with van der Waals surface area (Å²) in [4.78, 5) is 37.4. The maximum atomic E-state index is 13.7. The summed E-state index contributed by atoms with van der Waals surface area (Å²) in [5.41, 5.74) is 11.0. The van der Waals surface area contributed by atoms with Crippen LogP contribution in [0.3, 0.4) is 0 Å². The average Bonchev–Trinajstić information content (AvgIpc) is 4.15. The number of hydrogen-bond donors (Lipinski definition) is 3. The fourth-order valence-corrected chi connectivity index (χ4v) is 9.97. The van der Waals surface area contributed by atoms with Crippen molar-refractivity contribution in [1.29, 1.82) is 0 Å². The second-order valence-corrected chi connectivity index (χ2v) is 20.4. The monoisotopic (exact) mass is 1240 g/mol. The second-order valence-electron chi connectivity index (χ2n) is 13.0. The van der Waals surface area contributed by atoms with Crippen LogP contribution >= 0.6 is 90.5 Å². The van der Waals surface area contributed by atoms with Gasteiger partial charge in [-0.05, 0) is 112 Å². The first kappa shape index (κ1) is 54.6. The average molecular weight is 1240 g/mol. The molecule has 0 aliphatic rings. The third kappa shape index (κ3) is 15.1. The minimum absolute atomic E-state index is 0. The van der Waals surface area contributed by atoms with Crippen molar-refractivity contribution in [2.24, 2.45) is 0 Å². The Labute approximate surface area is 445 Å². The number of aromatic nitrogens is 8. The van der Waals surface area contributed by atoms with Gasteiger partial charge in [-0.25, -0.2) is 48.7 Å². The molecule has 23 heteroatoms. The van der Waals surface area contributed by atoms with Crippen molar-refractivity contribution in [2.45, 2.75) is 7.43 Å². The summed E-state index contributed by atoms with van der Waals surface area (Å²) < 4.78 is 48.6. The summed E-state index contributed by atoms with van der Waals surface area (Å²) in [6.07, 6.45) is 5.07. The van der Waals surface area contributed by atoms with Gasteiger partial charge in [0, 0.05) is 49.5 Å². The molecule has 0 aliphatic heterocycles. The number of rotatable bonds is 6. The van der Waals surface area contributed by atoms with Crippen LogP contribution in [0, 0.1) is 41.8 Å². The number of nitrogen functional groups attached to an aromatic ring is 1. The molecule has 4 N–H and O–H groups in total. The molecular formula is C47H41F2I2N11O4S4. The lowest BCUT2D eigenvalue weighted by Gasteiger charge is -2.00. The van der Waals surface area contributed by atoms with Gasteiger partial charge in [-0.15, -0.1) is 6.42 Å². The Kier molecular flexibility index (Phi) is 20.7. The first-order valence-electron chi connectivity index (χ1n) is 19.6. The first-order valence-corrected chi connectivity index (χ1v) is 25.0. The molecule has 2 aromatic carbocycles. The lowest BCUT2D eigenvalue weighted by molar-refractivity contribution is 0.399. The number of terminal acetylenes is 1. The molecule has 10 rings (SSSR count). The van der Waals surface area contributed by atoms with Crippen LogP contribution in [0.2, 0.25) is 0 Å². The fraction of sp³-hybridized carbons (Fsp3) is 0.149. The van der Waals surface area contributed by atoms with Crippen LogP contribution in [0.1, 0.15) is 23.6 Å². The van der Waals surface area contributed by atoms with Gasteiger partial charge in [0.1, 0.15) is 53.0 Å². The number of thiazole rings is 4. The van der Waals surface area contributed by atoms with Crippen molar-refractivity contribution in [3.8, 4) is 47.7 Å². The second kappa shape index (κ2) is 26.6. The smallest absolute Gasteiger partial charge is 0.214 e. The molecule has 15 nitrogen and oxygen atoms in total. The molecule has 0 unspecified atom stereocenters. The van der Waals surface area contributed by atoms with Gasteiger partial charge in [-0.3, -0.25) is 0 Å². The van der Waals surface area contributed by atoms with E-state index in [0.717, 1.165) is 47.4 Å². The van der Waals surface area contributed by atoms with Crippen LogP contribution < -0.4 is 35.3 Å². The fourth-order valence-electron chi connectivity index (χ4n) is 5.40. The van der Waals surface area contributed by atoms with Crippen LogP contribution in [0.25, 0.3) is 41.4 Å². The van der Waals surface area contributed by atoms with Gasteiger partial charge in [-0.1, -0.05) is 64.6 Å². The van der Waals surface area contributed by atoms with Gasteiger partial charge >= 0.3 is 0 Å². The third-order valence-electron chi connectivity index (χ3n) is 8.68. The molecule has 10 aromatic rings. The predicted octanol–water partition coefficient (Wildman–Crippen LogP) is 11.7. The Morgan fingerprint density at radius 1 is 0.514 bits per heavy atom. The summed E-state index contributed by atoms with van der Waals surface area (Å²) in [7, 11) is 9.71. The maximum absolute atomic E-state index is 13.7. The molecule has 0 saturated carbocycles. The van der Waals surface area contributed by atoms with Gasteiger partial charge in [0.25, 0.3) is 0 Å².